The Morgan fingerprint density at radius 1 is 1.22 bits per heavy atom. The largest absolute Gasteiger partial charge is 0.456 e. The number of rotatable bonds is 3. The minimum atomic E-state index is -0.350. The molecule has 18 heavy (non-hydrogen) atoms. The van der Waals surface area contributed by atoms with E-state index in [1.807, 2.05) is 13.0 Å². The summed E-state index contributed by atoms with van der Waals surface area (Å²) in [4.78, 5) is 0. The van der Waals surface area contributed by atoms with Gasteiger partial charge >= 0.3 is 0 Å². The molecule has 2 nitrogen and oxygen atoms in total. The molecule has 0 atom stereocenters. The fraction of sp³-hybridized carbons (Fsp3) is 0.143. The monoisotopic (exact) mass is 310 g/mol. The van der Waals surface area contributed by atoms with Crippen LogP contribution in [0.4, 0.5) is 4.39 Å². The Balaban J connectivity index is 2.28. The smallest absolute Gasteiger partial charge is 0.144 e. The van der Waals surface area contributed by atoms with Crippen LogP contribution in [-0.2, 0) is 6.61 Å². The van der Waals surface area contributed by atoms with Crippen molar-refractivity contribution in [2.24, 2.45) is 0 Å². The zero-order valence-corrected chi connectivity index (χ0v) is 11.4. The molecule has 0 aromatic heterocycles. The second-order valence-electron chi connectivity index (χ2n) is 3.92. The number of ether oxygens (including phenoxy) is 1. The zero-order valence-electron chi connectivity index (χ0n) is 9.78. The second kappa shape index (κ2) is 5.50. The second-order valence-corrected chi connectivity index (χ2v) is 4.78. The van der Waals surface area contributed by atoms with E-state index < -0.39 is 0 Å². The van der Waals surface area contributed by atoms with Gasteiger partial charge in [-0.2, -0.15) is 0 Å². The van der Waals surface area contributed by atoms with E-state index in [2.05, 4.69) is 15.9 Å². The Morgan fingerprint density at radius 3 is 2.67 bits per heavy atom. The van der Waals surface area contributed by atoms with Crippen molar-refractivity contribution in [3.05, 3.63) is 57.8 Å². The van der Waals surface area contributed by atoms with Crippen LogP contribution in [0.2, 0.25) is 0 Å². The van der Waals surface area contributed by atoms with Crippen LogP contribution in [-0.4, -0.2) is 5.11 Å². The van der Waals surface area contributed by atoms with Crippen LogP contribution in [0, 0.1) is 12.7 Å². The predicted octanol–water partition coefficient (Wildman–Crippen LogP) is 4.18. The van der Waals surface area contributed by atoms with Crippen molar-refractivity contribution in [1.82, 2.24) is 0 Å². The van der Waals surface area contributed by atoms with Gasteiger partial charge in [-0.05, 0) is 58.2 Å². The summed E-state index contributed by atoms with van der Waals surface area (Å²) < 4.78 is 19.4. The Bertz CT molecular complexity index is 570. The summed E-state index contributed by atoms with van der Waals surface area (Å²) >= 11 is 3.30. The van der Waals surface area contributed by atoms with Crippen LogP contribution in [0.5, 0.6) is 11.5 Å². The van der Waals surface area contributed by atoms with Gasteiger partial charge in [0, 0.05) is 6.07 Å². The van der Waals surface area contributed by atoms with Crippen molar-refractivity contribution in [3.63, 3.8) is 0 Å². The van der Waals surface area contributed by atoms with Crippen molar-refractivity contribution in [2.75, 3.05) is 0 Å². The van der Waals surface area contributed by atoms with Crippen LogP contribution in [0.25, 0.3) is 0 Å². The van der Waals surface area contributed by atoms with Crippen LogP contribution in [0.15, 0.2) is 40.9 Å². The summed E-state index contributed by atoms with van der Waals surface area (Å²) in [5.74, 6) is 0.680. The van der Waals surface area contributed by atoms with Crippen LogP contribution in [0.1, 0.15) is 11.1 Å². The highest BCUT2D eigenvalue weighted by molar-refractivity contribution is 9.10. The van der Waals surface area contributed by atoms with Gasteiger partial charge in [0.1, 0.15) is 17.3 Å². The molecule has 0 aliphatic heterocycles. The molecule has 0 heterocycles. The Labute approximate surface area is 113 Å². The van der Waals surface area contributed by atoms with Crippen molar-refractivity contribution in [2.45, 2.75) is 13.5 Å². The Morgan fingerprint density at radius 2 is 2.00 bits per heavy atom. The number of hydrogen-bond acceptors (Lipinski definition) is 2. The minimum Gasteiger partial charge on any atom is -0.456 e. The van der Waals surface area contributed by atoms with E-state index in [9.17, 15) is 4.39 Å². The highest BCUT2D eigenvalue weighted by Crippen LogP contribution is 2.31. The highest BCUT2D eigenvalue weighted by atomic mass is 79.9. The molecule has 0 aliphatic carbocycles. The third-order valence-electron chi connectivity index (χ3n) is 2.61. The number of hydrogen-bond donors (Lipinski definition) is 1. The van der Waals surface area contributed by atoms with E-state index in [0.29, 0.717) is 16.0 Å². The number of benzene rings is 2. The lowest BCUT2D eigenvalue weighted by Crippen LogP contribution is -1.91. The maximum absolute atomic E-state index is 13.1. The van der Waals surface area contributed by atoms with Gasteiger partial charge in [0.15, 0.2) is 0 Å². The first-order valence-electron chi connectivity index (χ1n) is 5.43. The van der Waals surface area contributed by atoms with E-state index in [-0.39, 0.29) is 12.4 Å². The average Bonchev–Trinajstić information content (AvgIpc) is 2.34. The summed E-state index contributed by atoms with van der Waals surface area (Å²) in [6.45, 7) is 1.88. The van der Waals surface area contributed by atoms with Gasteiger partial charge in [-0.15, -0.1) is 0 Å². The molecule has 0 aliphatic rings. The maximum Gasteiger partial charge on any atom is 0.144 e. The standard InChI is InChI=1S/C14H12BrFO2/c1-9-6-12(4-2-10(9)8-17)18-14-7-11(16)3-5-13(14)15/h2-7,17H,8H2,1H3. The molecular weight excluding hydrogens is 299 g/mol. The number of aliphatic hydroxyl groups is 1. The fourth-order valence-electron chi connectivity index (χ4n) is 1.59. The topological polar surface area (TPSA) is 29.5 Å². The first kappa shape index (κ1) is 13.1. The van der Waals surface area contributed by atoms with Gasteiger partial charge in [-0.25, -0.2) is 4.39 Å². The van der Waals surface area contributed by atoms with Crippen LogP contribution < -0.4 is 4.74 Å². The molecule has 4 heteroatoms. The van der Waals surface area contributed by atoms with Gasteiger partial charge in [-0.3, -0.25) is 0 Å². The first-order valence-corrected chi connectivity index (χ1v) is 6.23. The molecule has 0 amide bonds. The number of halogens is 2. The molecule has 2 rings (SSSR count). The lowest BCUT2D eigenvalue weighted by molar-refractivity contribution is 0.281. The fourth-order valence-corrected chi connectivity index (χ4v) is 1.92. The van der Waals surface area contributed by atoms with Gasteiger partial charge in [0.2, 0.25) is 0 Å². The quantitative estimate of drug-likeness (QED) is 0.921. The molecule has 94 valence electrons. The van der Waals surface area contributed by atoms with E-state index in [1.165, 1.54) is 12.1 Å². The summed E-state index contributed by atoms with van der Waals surface area (Å²) in [5, 5.41) is 9.08. The van der Waals surface area contributed by atoms with Crippen molar-refractivity contribution >= 4 is 15.9 Å². The molecule has 0 fully saturated rings. The zero-order chi connectivity index (χ0) is 13.1. The molecule has 1 N–H and O–H groups in total. The summed E-state index contributed by atoms with van der Waals surface area (Å²) in [6, 6.07) is 9.62. The van der Waals surface area contributed by atoms with E-state index in [4.69, 9.17) is 9.84 Å². The minimum absolute atomic E-state index is 0.00419. The van der Waals surface area contributed by atoms with Crippen molar-refractivity contribution in [1.29, 1.82) is 0 Å². The summed E-state index contributed by atoms with van der Waals surface area (Å²) in [7, 11) is 0. The number of aliphatic hydroxyl groups excluding tert-OH is 1. The summed E-state index contributed by atoms with van der Waals surface area (Å²) in [6.07, 6.45) is 0. The highest BCUT2D eigenvalue weighted by Gasteiger charge is 2.06. The lowest BCUT2D eigenvalue weighted by Gasteiger charge is -2.10. The molecule has 0 unspecified atom stereocenters. The molecule has 0 spiro atoms. The van der Waals surface area contributed by atoms with Crippen LogP contribution >= 0.6 is 15.9 Å². The molecular formula is C14H12BrFO2. The lowest BCUT2D eigenvalue weighted by atomic mass is 10.1. The molecule has 2 aromatic rings. The average molecular weight is 311 g/mol. The first-order chi connectivity index (χ1) is 8.60. The SMILES string of the molecule is Cc1cc(Oc2cc(F)ccc2Br)ccc1CO. The van der Waals surface area contributed by atoms with Crippen molar-refractivity contribution in [3.8, 4) is 11.5 Å². The maximum atomic E-state index is 13.1. The van der Waals surface area contributed by atoms with Gasteiger partial charge < -0.3 is 9.84 Å². The molecule has 0 saturated carbocycles. The van der Waals surface area contributed by atoms with Gasteiger partial charge in [-0.1, -0.05) is 6.07 Å². The third kappa shape index (κ3) is 2.89. The Hall–Kier alpha value is -1.39. The van der Waals surface area contributed by atoms with Crippen molar-refractivity contribution < 1.29 is 14.2 Å². The van der Waals surface area contributed by atoms with E-state index in [1.54, 1.807) is 18.2 Å². The normalized spacial score (nSPS) is 10.4. The Kier molecular flexibility index (Phi) is 3.99. The molecule has 0 saturated heterocycles. The number of aryl methyl sites for hydroxylation is 1. The molecule has 0 bridgehead atoms. The van der Waals surface area contributed by atoms with Gasteiger partial charge in [0.25, 0.3) is 0 Å². The van der Waals surface area contributed by atoms with Gasteiger partial charge in [0.05, 0.1) is 11.1 Å². The van der Waals surface area contributed by atoms with Crippen LogP contribution in [0.3, 0.4) is 0 Å². The third-order valence-corrected chi connectivity index (χ3v) is 3.26. The molecule has 2 aromatic carbocycles. The predicted molar refractivity (Wildman–Crippen MR) is 71.3 cm³/mol. The van der Waals surface area contributed by atoms with E-state index in [0.717, 1.165) is 11.1 Å². The van der Waals surface area contributed by atoms with E-state index >= 15 is 0 Å². The summed E-state index contributed by atoms with van der Waals surface area (Å²) in [5.41, 5.74) is 1.78. The molecule has 0 radical (unpaired) electrons.